The van der Waals surface area contributed by atoms with E-state index in [9.17, 15) is 14.4 Å². The van der Waals surface area contributed by atoms with Crippen molar-refractivity contribution < 1.29 is 19.1 Å². The van der Waals surface area contributed by atoms with Crippen LogP contribution >= 0.6 is 43.2 Å². The maximum Gasteiger partial charge on any atom is 0.338 e. The minimum absolute atomic E-state index is 0.157. The van der Waals surface area contributed by atoms with Crippen LogP contribution in [0.5, 0.6) is 5.75 Å². The Hall–Kier alpha value is -3.80. The molecule has 0 fully saturated rings. The highest BCUT2D eigenvalue weighted by molar-refractivity contribution is 9.10. The number of carbonyl (C=O) groups is 2. The SMILES string of the molecule is CCOC(=O)C1=C(C)N=c2s/c(=C3/C(=O)N(Cc4ccccc4)c4ccc(Br)cc43)c(=O)n2[C@@H]1c1cc(Br)ccc1OC. The molecule has 3 aromatic carbocycles. The smallest absolute Gasteiger partial charge is 0.338 e. The Morgan fingerprint density at radius 2 is 1.74 bits per heavy atom. The molecule has 218 valence electrons. The molecular formula is C32H25Br2N3O5S. The van der Waals surface area contributed by atoms with Gasteiger partial charge in [0.2, 0.25) is 0 Å². The molecule has 3 heterocycles. The van der Waals surface area contributed by atoms with Crippen LogP contribution in [0, 0.1) is 0 Å². The molecular weight excluding hydrogens is 698 g/mol. The third-order valence-electron chi connectivity index (χ3n) is 7.37. The number of hydrogen-bond donors (Lipinski definition) is 0. The van der Waals surface area contributed by atoms with Crippen molar-refractivity contribution in [2.45, 2.75) is 26.4 Å². The maximum atomic E-state index is 14.5. The van der Waals surface area contributed by atoms with Gasteiger partial charge >= 0.3 is 5.97 Å². The summed E-state index contributed by atoms with van der Waals surface area (Å²) >= 11 is 8.20. The molecule has 0 aliphatic carbocycles. The van der Waals surface area contributed by atoms with Gasteiger partial charge in [-0.3, -0.25) is 14.2 Å². The Morgan fingerprint density at radius 3 is 2.47 bits per heavy atom. The van der Waals surface area contributed by atoms with Gasteiger partial charge in [0.15, 0.2) is 4.80 Å². The lowest BCUT2D eigenvalue weighted by Crippen LogP contribution is -2.41. The minimum Gasteiger partial charge on any atom is -0.496 e. The summed E-state index contributed by atoms with van der Waals surface area (Å²) in [5.74, 6) is -0.364. The maximum absolute atomic E-state index is 14.5. The van der Waals surface area contributed by atoms with E-state index in [4.69, 9.17) is 9.47 Å². The number of allylic oxidation sites excluding steroid dienone is 1. The number of methoxy groups -OCH3 is 1. The number of benzene rings is 3. The molecule has 1 aromatic heterocycles. The van der Waals surface area contributed by atoms with Crippen molar-refractivity contribution >= 4 is 66.3 Å². The summed E-state index contributed by atoms with van der Waals surface area (Å²) in [6.45, 7) is 3.95. The molecule has 4 aromatic rings. The number of nitrogens with zero attached hydrogens (tertiary/aromatic N) is 3. The van der Waals surface area contributed by atoms with E-state index in [2.05, 4.69) is 36.9 Å². The molecule has 43 heavy (non-hydrogen) atoms. The first-order valence-electron chi connectivity index (χ1n) is 13.4. The summed E-state index contributed by atoms with van der Waals surface area (Å²) in [6.07, 6.45) is 0. The fourth-order valence-corrected chi connectivity index (χ4v) is 7.38. The van der Waals surface area contributed by atoms with Crippen LogP contribution < -0.4 is 24.5 Å². The second-order valence-electron chi connectivity index (χ2n) is 9.92. The van der Waals surface area contributed by atoms with Gasteiger partial charge in [-0.2, -0.15) is 0 Å². The van der Waals surface area contributed by atoms with Crippen molar-refractivity contribution in [1.29, 1.82) is 0 Å². The third-order valence-corrected chi connectivity index (χ3v) is 9.41. The number of anilines is 1. The number of hydrogen-bond acceptors (Lipinski definition) is 7. The zero-order chi connectivity index (χ0) is 30.4. The Kier molecular flexibility index (Phi) is 7.97. The lowest BCUT2D eigenvalue weighted by atomic mass is 9.95. The van der Waals surface area contributed by atoms with E-state index in [0.717, 1.165) is 25.8 Å². The number of rotatable bonds is 6. The number of aromatic nitrogens is 1. The van der Waals surface area contributed by atoms with E-state index in [1.165, 1.54) is 11.7 Å². The van der Waals surface area contributed by atoms with Gasteiger partial charge in [0, 0.05) is 20.1 Å². The Labute approximate surface area is 267 Å². The van der Waals surface area contributed by atoms with Gasteiger partial charge in [0.05, 0.1) is 42.8 Å². The van der Waals surface area contributed by atoms with Crippen molar-refractivity contribution in [3.63, 3.8) is 0 Å². The largest absolute Gasteiger partial charge is 0.496 e. The average Bonchev–Trinajstić information content (AvgIpc) is 3.44. The number of fused-ring (bicyclic) bond motifs is 2. The Balaban J connectivity index is 1.63. The highest BCUT2D eigenvalue weighted by Crippen LogP contribution is 2.39. The van der Waals surface area contributed by atoms with Gasteiger partial charge in [-0.15, -0.1) is 0 Å². The van der Waals surface area contributed by atoms with Gasteiger partial charge in [-0.1, -0.05) is 73.5 Å². The molecule has 11 heteroatoms. The van der Waals surface area contributed by atoms with Crippen LogP contribution in [-0.2, 0) is 20.9 Å². The molecule has 6 rings (SSSR count). The first kappa shape index (κ1) is 29.3. The second kappa shape index (κ2) is 11.7. The van der Waals surface area contributed by atoms with Crippen LogP contribution in [0.3, 0.4) is 0 Å². The summed E-state index contributed by atoms with van der Waals surface area (Å²) in [5.41, 5.74) is 3.44. The van der Waals surface area contributed by atoms with Crippen molar-refractivity contribution in [3.8, 4) is 5.75 Å². The van der Waals surface area contributed by atoms with Crippen molar-refractivity contribution in [3.05, 3.63) is 123 Å². The van der Waals surface area contributed by atoms with Crippen molar-refractivity contribution in [1.82, 2.24) is 4.57 Å². The molecule has 8 nitrogen and oxygen atoms in total. The quantitative estimate of drug-likeness (QED) is 0.254. The van der Waals surface area contributed by atoms with Crippen molar-refractivity contribution in [2.24, 2.45) is 4.99 Å². The van der Waals surface area contributed by atoms with E-state index in [1.807, 2.05) is 60.7 Å². The van der Waals surface area contributed by atoms with E-state index in [1.54, 1.807) is 24.8 Å². The van der Waals surface area contributed by atoms with Gasteiger partial charge in [-0.05, 0) is 55.8 Å². The van der Waals surface area contributed by atoms with Gasteiger partial charge in [0.1, 0.15) is 16.3 Å². The van der Waals surface area contributed by atoms with Gasteiger partial charge in [-0.25, -0.2) is 9.79 Å². The Morgan fingerprint density at radius 1 is 1.02 bits per heavy atom. The summed E-state index contributed by atoms with van der Waals surface area (Å²) in [6, 6.07) is 19.8. The van der Waals surface area contributed by atoms with E-state index >= 15 is 0 Å². The minimum atomic E-state index is -0.893. The first-order valence-corrected chi connectivity index (χ1v) is 15.8. The van der Waals surface area contributed by atoms with E-state index in [-0.39, 0.29) is 22.6 Å². The molecule has 2 aliphatic rings. The monoisotopic (exact) mass is 721 g/mol. The lowest BCUT2D eigenvalue weighted by molar-refractivity contribution is -0.139. The summed E-state index contributed by atoms with van der Waals surface area (Å²) < 4.78 is 14.3. The number of ether oxygens (including phenoxy) is 2. The molecule has 0 N–H and O–H groups in total. The molecule has 0 saturated heterocycles. The number of thiazole rings is 1. The fourth-order valence-electron chi connectivity index (χ4n) is 5.50. The number of carbonyl (C=O) groups excluding carboxylic acids is 2. The van der Waals surface area contributed by atoms with E-state index < -0.39 is 17.6 Å². The number of halogens is 2. The third kappa shape index (κ3) is 5.09. The summed E-state index contributed by atoms with van der Waals surface area (Å²) in [5, 5.41) is 0. The highest BCUT2D eigenvalue weighted by Gasteiger charge is 2.38. The van der Waals surface area contributed by atoms with E-state index in [0.29, 0.717) is 45.2 Å². The molecule has 1 atom stereocenters. The normalized spacial score (nSPS) is 17.0. The average molecular weight is 723 g/mol. The highest BCUT2D eigenvalue weighted by atomic mass is 79.9. The number of esters is 1. The second-order valence-corrected chi connectivity index (χ2v) is 12.7. The lowest BCUT2D eigenvalue weighted by Gasteiger charge is -2.26. The van der Waals surface area contributed by atoms with Crippen LogP contribution in [0.2, 0.25) is 0 Å². The molecule has 1 amide bonds. The summed E-state index contributed by atoms with van der Waals surface area (Å²) in [4.78, 5) is 48.7. The first-order chi connectivity index (χ1) is 20.7. The van der Waals surface area contributed by atoms with Crippen LogP contribution in [-0.4, -0.2) is 30.2 Å². The topological polar surface area (TPSA) is 90.2 Å². The molecule has 2 aliphatic heterocycles. The fraction of sp³-hybridized carbons (Fsp3) is 0.188. The predicted octanol–water partition coefficient (Wildman–Crippen LogP) is 5.25. The summed E-state index contributed by atoms with van der Waals surface area (Å²) in [7, 11) is 1.53. The van der Waals surface area contributed by atoms with Gasteiger partial charge in [0.25, 0.3) is 11.5 Å². The van der Waals surface area contributed by atoms with Crippen molar-refractivity contribution in [2.75, 3.05) is 18.6 Å². The standard InChI is InChI=1S/C32H25Br2N3O5S/c1-4-42-31(40)25-17(2)35-32-37(27(25)22-15-20(34)11-13-24(22)41-3)30(39)28(43-32)26-21-14-19(33)10-12-23(21)36(29(26)38)16-18-8-6-5-7-9-18/h5-15,27H,4,16H2,1-3H3/b28-26+/t27-/m1/s1. The van der Waals surface area contributed by atoms with Gasteiger partial charge < -0.3 is 14.4 Å². The zero-order valence-corrected chi connectivity index (χ0v) is 27.4. The van der Waals surface area contributed by atoms with Crippen LogP contribution in [0.1, 0.15) is 36.6 Å². The predicted molar refractivity (Wildman–Crippen MR) is 172 cm³/mol. The molecule has 0 radical (unpaired) electrons. The number of amides is 1. The molecule has 0 unspecified atom stereocenters. The molecule has 0 spiro atoms. The van der Waals surface area contributed by atoms with Crippen LogP contribution in [0.25, 0.3) is 5.57 Å². The molecule has 0 saturated carbocycles. The molecule has 0 bridgehead atoms. The van der Waals surface area contributed by atoms with Crippen LogP contribution in [0.15, 0.2) is 96.7 Å². The Bertz CT molecular complexity index is 2020. The van der Waals surface area contributed by atoms with Crippen LogP contribution in [0.4, 0.5) is 5.69 Å². The zero-order valence-electron chi connectivity index (χ0n) is 23.4.